The summed E-state index contributed by atoms with van der Waals surface area (Å²) < 4.78 is 7.27. The van der Waals surface area contributed by atoms with Crippen LogP contribution in [0.1, 0.15) is 16.7 Å². The van der Waals surface area contributed by atoms with Crippen LogP contribution in [0.2, 0.25) is 0 Å². The van der Waals surface area contributed by atoms with Gasteiger partial charge in [-0.25, -0.2) is 5.43 Å². The number of nitrogens with zero attached hydrogens (tertiary/aromatic N) is 1. The van der Waals surface area contributed by atoms with E-state index in [9.17, 15) is 9.90 Å². The van der Waals surface area contributed by atoms with Gasteiger partial charge in [-0.2, -0.15) is 5.10 Å². The smallest absolute Gasteiger partial charge is 0.277 e. The molecule has 2 aromatic carbocycles. The van der Waals surface area contributed by atoms with Gasteiger partial charge in [0, 0.05) is 4.47 Å². The number of amides is 1. The number of aromatic hydroxyl groups is 1. The molecule has 0 radical (unpaired) electrons. The fourth-order valence-electron chi connectivity index (χ4n) is 2.08. The van der Waals surface area contributed by atoms with Crippen LogP contribution in [0.4, 0.5) is 0 Å². The first-order valence-corrected chi connectivity index (χ1v) is 8.94. The topological polar surface area (TPSA) is 70.9 Å². The van der Waals surface area contributed by atoms with Crippen molar-refractivity contribution < 1.29 is 14.6 Å². The van der Waals surface area contributed by atoms with Crippen molar-refractivity contribution in [2.24, 2.45) is 5.10 Å². The van der Waals surface area contributed by atoms with Crippen molar-refractivity contribution in [3.8, 4) is 11.5 Å². The minimum atomic E-state index is -0.346. The van der Waals surface area contributed by atoms with E-state index in [1.165, 1.54) is 6.21 Å². The van der Waals surface area contributed by atoms with Crippen molar-refractivity contribution in [3.05, 3.63) is 55.1 Å². The zero-order valence-electron chi connectivity index (χ0n) is 13.1. The monoisotopic (exact) mass is 502 g/mol. The standard InChI is InChI=1S/C17H16BrIN2O3/c1-10-5-13(18)6-11(2)17(10)24-9-16(23)21-20-8-12-3-4-15(22)14(19)7-12/h3-8,22H,9H2,1-2H3,(H,21,23). The van der Waals surface area contributed by atoms with Crippen LogP contribution >= 0.6 is 38.5 Å². The Hall–Kier alpha value is -1.61. The van der Waals surface area contributed by atoms with E-state index in [0.29, 0.717) is 9.32 Å². The summed E-state index contributed by atoms with van der Waals surface area (Å²) in [6.45, 7) is 3.74. The number of carbonyl (C=O) groups excluding carboxylic acids is 1. The summed E-state index contributed by atoms with van der Waals surface area (Å²) in [5.74, 6) is 0.567. The van der Waals surface area contributed by atoms with Gasteiger partial charge in [0.1, 0.15) is 11.5 Å². The lowest BCUT2D eigenvalue weighted by Gasteiger charge is -2.11. The van der Waals surface area contributed by atoms with Crippen LogP contribution in [0.3, 0.4) is 0 Å². The zero-order valence-corrected chi connectivity index (χ0v) is 16.9. The third kappa shape index (κ3) is 5.20. The summed E-state index contributed by atoms with van der Waals surface area (Å²) in [6.07, 6.45) is 1.51. The first-order valence-electron chi connectivity index (χ1n) is 7.07. The van der Waals surface area contributed by atoms with Crippen molar-refractivity contribution in [2.45, 2.75) is 13.8 Å². The SMILES string of the molecule is Cc1cc(Br)cc(C)c1OCC(=O)NN=Cc1ccc(O)c(I)c1. The van der Waals surface area contributed by atoms with Crippen molar-refractivity contribution in [1.82, 2.24) is 5.43 Å². The van der Waals surface area contributed by atoms with Gasteiger partial charge in [-0.15, -0.1) is 0 Å². The summed E-state index contributed by atoms with van der Waals surface area (Å²) >= 11 is 5.44. The molecule has 0 aliphatic rings. The molecule has 24 heavy (non-hydrogen) atoms. The average molecular weight is 503 g/mol. The Morgan fingerprint density at radius 3 is 2.62 bits per heavy atom. The Morgan fingerprint density at radius 1 is 1.33 bits per heavy atom. The minimum Gasteiger partial charge on any atom is -0.507 e. The van der Waals surface area contributed by atoms with Gasteiger partial charge in [0.15, 0.2) is 6.61 Å². The fraction of sp³-hybridized carbons (Fsp3) is 0.176. The minimum absolute atomic E-state index is 0.117. The number of carbonyl (C=O) groups is 1. The van der Waals surface area contributed by atoms with Gasteiger partial charge in [0.05, 0.1) is 9.78 Å². The molecule has 2 N–H and O–H groups in total. The molecule has 0 atom stereocenters. The number of ether oxygens (including phenoxy) is 1. The third-order valence-electron chi connectivity index (χ3n) is 3.15. The van der Waals surface area contributed by atoms with E-state index >= 15 is 0 Å². The molecule has 2 rings (SSSR count). The number of phenols is 1. The predicted molar refractivity (Wildman–Crippen MR) is 106 cm³/mol. The number of hydrazone groups is 1. The van der Waals surface area contributed by atoms with Crippen molar-refractivity contribution in [3.63, 3.8) is 0 Å². The Morgan fingerprint density at radius 2 is 2.00 bits per heavy atom. The van der Waals surface area contributed by atoms with E-state index in [-0.39, 0.29) is 18.3 Å². The average Bonchev–Trinajstić information content (AvgIpc) is 2.49. The van der Waals surface area contributed by atoms with Crippen LogP contribution in [0.5, 0.6) is 11.5 Å². The number of nitrogens with one attached hydrogen (secondary N) is 1. The molecule has 0 aliphatic heterocycles. The summed E-state index contributed by atoms with van der Waals surface area (Å²) in [5, 5.41) is 13.3. The summed E-state index contributed by atoms with van der Waals surface area (Å²) in [4.78, 5) is 11.8. The zero-order chi connectivity index (χ0) is 17.7. The Kier molecular flexibility index (Phi) is 6.61. The van der Waals surface area contributed by atoms with E-state index in [1.54, 1.807) is 18.2 Å². The highest BCUT2D eigenvalue weighted by molar-refractivity contribution is 14.1. The number of hydrogen-bond donors (Lipinski definition) is 2. The van der Waals surface area contributed by atoms with Crippen LogP contribution in [-0.2, 0) is 4.79 Å². The highest BCUT2D eigenvalue weighted by Crippen LogP contribution is 2.27. The summed E-state index contributed by atoms with van der Waals surface area (Å²) in [6, 6.07) is 8.91. The van der Waals surface area contributed by atoms with Crippen molar-refractivity contribution in [1.29, 1.82) is 0 Å². The maximum atomic E-state index is 11.8. The first-order chi connectivity index (χ1) is 11.4. The second-order valence-electron chi connectivity index (χ2n) is 5.16. The Labute approximate surface area is 162 Å². The van der Waals surface area contributed by atoms with Crippen LogP contribution in [0, 0.1) is 17.4 Å². The molecular weight excluding hydrogens is 487 g/mol. The van der Waals surface area contributed by atoms with Crippen LogP contribution < -0.4 is 10.2 Å². The third-order valence-corrected chi connectivity index (χ3v) is 4.47. The van der Waals surface area contributed by atoms with Crippen molar-refractivity contribution in [2.75, 3.05) is 6.61 Å². The number of halogens is 2. The number of aryl methyl sites for hydroxylation is 2. The molecule has 7 heteroatoms. The van der Waals surface area contributed by atoms with Gasteiger partial charge in [0.2, 0.25) is 0 Å². The van der Waals surface area contributed by atoms with E-state index in [1.807, 2.05) is 48.6 Å². The second-order valence-corrected chi connectivity index (χ2v) is 7.24. The lowest BCUT2D eigenvalue weighted by atomic mass is 10.1. The molecule has 0 heterocycles. The highest BCUT2D eigenvalue weighted by atomic mass is 127. The molecule has 5 nitrogen and oxygen atoms in total. The van der Waals surface area contributed by atoms with Crippen LogP contribution in [0.25, 0.3) is 0 Å². The lowest BCUT2D eigenvalue weighted by Crippen LogP contribution is -2.25. The Balaban J connectivity index is 1.90. The quantitative estimate of drug-likeness (QED) is 0.370. The predicted octanol–water partition coefficient (Wildman–Crippen LogP) is 3.91. The fourth-order valence-corrected chi connectivity index (χ4v) is 3.30. The van der Waals surface area contributed by atoms with Gasteiger partial charge in [-0.1, -0.05) is 15.9 Å². The highest BCUT2D eigenvalue weighted by Gasteiger charge is 2.08. The lowest BCUT2D eigenvalue weighted by molar-refractivity contribution is -0.123. The van der Waals surface area contributed by atoms with Crippen LogP contribution in [-0.4, -0.2) is 23.8 Å². The molecule has 0 saturated carbocycles. The van der Waals surface area contributed by atoms with Gasteiger partial charge in [0.25, 0.3) is 5.91 Å². The molecule has 0 spiro atoms. The molecule has 126 valence electrons. The number of rotatable bonds is 5. The van der Waals surface area contributed by atoms with Crippen molar-refractivity contribution >= 4 is 50.6 Å². The van der Waals surface area contributed by atoms with Gasteiger partial charge >= 0.3 is 0 Å². The van der Waals surface area contributed by atoms with E-state index in [2.05, 4.69) is 26.5 Å². The largest absolute Gasteiger partial charge is 0.507 e. The summed E-state index contributed by atoms with van der Waals surface area (Å²) in [5.41, 5.74) is 5.10. The molecule has 0 aliphatic carbocycles. The maximum Gasteiger partial charge on any atom is 0.277 e. The molecule has 1 amide bonds. The molecule has 2 aromatic rings. The van der Waals surface area contributed by atoms with E-state index < -0.39 is 0 Å². The molecule has 0 saturated heterocycles. The molecule has 0 fully saturated rings. The number of hydrogen-bond acceptors (Lipinski definition) is 4. The normalized spacial score (nSPS) is 10.8. The molecular formula is C17H16BrIN2O3. The molecule has 0 bridgehead atoms. The van der Waals surface area contributed by atoms with Gasteiger partial charge in [-0.05, 0) is 83.5 Å². The van der Waals surface area contributed by atoms with E-state index in [4.69, 9.17) is 4.74 Å². The number of phenolic OH excluding ortho intramolecular Hbond substituents is 1. The maximum absolute atomic E-state index is 11.8. The first kappa shape index (κ1) is 18.7. The van der Waals surface area contributed by atoms with E-state index in [0.717, 1.165) is 21.2 Å². The second kappa shape index (κ2) is 8.48. The summed E-state index contributed by atoms with van der Waals surface area (Å²) in [7, 11) is 0. The Bertz CT molecular complexity index is 770. The number of benzene rings is 2. The van der Waals surface area contributed by atoms with Gasteiger partial charge < -0.3 is 9.84 Å². The molecule has 0 aromatic heterocycles. The van der Waals surface area contributed by atoms with Gasteiger partial charge in [-0.3, -0.25) is 4.79 Å². The van der Waals surface area contributed by atoms with Crippen LogP contribution in [0.15, 0.2) is 39.9 Å². The molecule has 0 unspecified atom stereocenters.